The topological polar surface area (TPSA) is 20.7 Å². The molecule has 0 saturated heterocycles. The summed E-state index contributed by atoms with van der Waals surface area (Å²) in [6.07, 6.45) is 5.21. The van der Waals surface area contributed by atoms with Crippen molar-refractivity contribution in [1.29, 1.82) is 0 Å². The molecule has 1 aliphatic rings. The molecule has 1 aromatic carbocycles. The molecule has 0 amide bonds. The second-order valence-electron chi connectivity index (χ2n) is 6.30. The molecule has 1 aliphatic carbocycles. The van der Waals surface area contributed by atoms with Crippen molar-refractivity contribution < 1.29 is 4.39 Å². The average Bonchev–Trinajstić information content (AvgIpc) is 2.67. The number of H-pyrrole nitrogens is 1. The van der Waals surface area contributed by atoms with Crippen molar-refractivity contribution in [1.82, 2.24) is 9.55 Å². The molecule has 1 fully saturated rings. The van der Waals surface area contributed by atoms with Gasteiger partial charge in [-0.25, -0.2) is 4.39 Å². The molecule has 20 heavy (non-hydrogen) atoms. The highest BCUT2D eigenvalue weighted by Crippen LogP contribution is 2.31. The van der Waals surface area contributed by atoms with E-state index in [1.807, 2.05) is 6.07 Å². The number of nitrogens with one attached hydrogen (secondary N) is 1. The third-order valence-corrected chi connectivity index (χ3v) is 4.86. The van der Waals surface area contributed by atoms with Crippen LogP contribution in [-0.2, 0) is 6.54 Å². The molecule has 0 radical (unpaired) electrons. The molecule has 3 rings (SSSR count). The van der Waals surface area contributed by atoms with Gasteiger partial charge in [-0.1, -0.05) is 19.8 Å². The van der Waals surface area contributed by atoms with Gasteiger partial charge in [0.05, 0.1) is 11.0 Å². The Balaban J connectivity index is 1.96. The minimum atomic E-state index is -0.174. The van der Waals surface area contributed by atoms with Crippen LogP contribution in [0.4, 0.5) is 4.39 Å². The SMILES string of the molecule is Cc1cc2c(cc1F)[nH]c(=S)n2CC1CCCC(C)C1. The van der Waals surface area contributed by atoms with Crippen molar-refractivity contribution in [2.24, 2.45) is 11.8 Å². The zero-order valence-corrected chi connectivity index (χ0v) is 12.9. The van der Waals surface area contributed by atoms with Crippen molar-refractivity contribution in [3.63, 3.8) is 0 Å². The van der Waals surface area contributed by atoms with E-state index in [0.717, 1.165) is 23.5 Å². The number of aryl methyl sites for hydroxylation is 1. The van der Waals surface area contributed by atoms with Crippen LogP contribution in [0.25, 0.3) is 11.0 Å². The first-order valence-corrected chi connectivity index (χ1v) is 7.84. The molecular formula is C16H21FN2S. The zero-order chi connectivity index (χ0) is 14.3. The summed E-state index contributed by atoms with van der Waals surface area (Å²) in [5.41, 5.74) is 2.52. The van der Waals surface area contributed by atoms with E-state index in [9.17, 15) is 4.39 Å². The maximum Gasteiger partial charge on any atom is 0.178 e. The summed E-state index contributed by atoms with van der Waals surface area (Å²) in [5, 5.41) is 0. The second kappa shape index (κ2) is 5.32. The van der Waals surface area contributed by atoms with Crippen molar-refractivity contribution in [2.45, 2.75) is 46.1 Å². The number of aromatic nitrogens is 2. The summed E-state index contributed by atoms with van der Waals surface area (Å²) in [5.74, 6) is 1.33. The normalized spacial score (nSPS) is 23.4. The highest BCUT2D eigenvalue weighted by atomic mass is 32.1. The van der Waals surface area contributed by atoms with Gasteiger partial charge in [-0.15, -0.1) is 0 Å². The summed E-state index contributed by atoms with van der Waals surface area (Å²) >= 11 is 5.42. The van der Waals surface area contributed by atoms with E-state index >= 15 is 0 Å². The molecule has 2 atom stereocenters. The second-order valence-corrected chi connectivity index (χ2v) is 6.68. The van der Waals surface area contributed by atoms with Gasteiger partial charge in [0.25, 0.3) is 0 Å². The molecule has 1 saturated carbocycles. The predicted octanol–water partition coefficient (Wildman–Crippen LogP) is 4.97. The van der Waals surface area contributed by atoms with Crippen LogP contribution in [0.2, 0.25) is 0 Å². The fourth-order valence-electron chi connectivity index (χ4n) is 3.45. The number of halogens is 1. The Labute approximate surface area is 124 Å². The number of fused-ring (bicyclic) bond motifs is 1. The Hall–Kier alpha value is -1.16. The maximum atomic E-state index is 13.6. The lowest BCUT2D eigenvalue weighted by atomic mass is 9.82. The lowest BCUT2D eigenvalue weighted by molar-refractivity contribution is 0.258. The molecule has 0 spiro atoms. The number of rotatable bonds is 2. The quantitative estimate of drug-likeness (QED) is 0.775. The maximum absolute atomic E-state index is 13.6. The van der Waals surface area contributed by atoms with Gasteiger partial charge in [-0.3, -0.25) is 0 Å². The van der Waals surface area contributed by atoms with Crippen LogP contribution in [-0.4, -0.2) is 9.55 Å². The highest BCUT2D eigenvalue weighted by Gasteiger charge is 2.20. The molecule has 0 aliphatic heterocycles. The Morgan fingerprint density at radius 3 is 2.95 bits per heavy atom. The van der Waals surface area contributed by atoms with E-state index in [-0.39, 0.29) is 5.82 Å². The van der Waals surface area contributed by atoms with Crippen molar-refractivity contribution >= 4 is 23.3 Å². The summed E-state index contributed by atoms with van der Waals surface area (Å²) in [4.78, 5) is 3.13. The van der Waals surface area contributed by atoms with Crippen LogP contribution < -0.4 is 0 Å². The largest absolute Gasteiger partial charge is 0.330 e. The van der Waals surface area contributed by atoms with Crippen LogP contribution in [0.15, 0.2) is 12.1 Å². The van der Waals surface area contributed by atoms with Crippen LogP contribution in [0, 0.1) is 29.3 Å². The molecule has 1 aromatic heterocycles. The number of aromatic amines is 1. The van der Waals surface area contributed by atoms with Crippen LogP contribution in [0.1, 0.15) is 38.2 Å². The first-order chi connectivity index (χ1) is 9.54. The van der Waals surface area contributed by atoms with E-state index < -0.39 is 0 Å². The minimum Gasteiger partial charge on any atom is -0.330 e. The summed E-state index contributed by atoms with van der Waals surface area (Å²) in [7, 11) is 0. The van der Waals surface area contributed by atoms with E-state index in [0.29, 0.717) is 16.3 Å². The van der Waals surface area contributed by atoms with E-state index in [4.69, 9.17) is 12.2 Å². The smallest absolute Gasteiger partial charge is 0.178 e. The van der Waals surface area contributed by atoms with Gasteiger partial charge in [0.1, 0.15) is 5.82 Å². The molecule has 1 N–H and O–H groups in total. The van der Waals surface area contributed by atoms with Gasteiger partial charge in [0.2, 0.25) is 0 Å². The first kappa shape index (κ1) is 13.8. The van der Waals surface area contributed by atoms with Crippen LogP contribution in [0.3, 0.4) is 0 Å². The van der Waals surface area contributed by atoms with E-state index in [2.05, 4.69) is 16.5 Å². The van der Waals surface area contributed by atoms with Crippen molar-refractivity contribution in [3.05, 3.63) is 28.3 Å². The Bertz CT molecular complexity index is 686. The van der Waals surface area contributed by atoms with Gasteiger partial charge in [0.15, 0.2) is 4.77 Å². The van der Waals surface area contributed by atoms with E-state index in [1.165, 1.54) is 25.7 Å². The summed E-state index contributed by atoms with van der Waals surface area (Å²) in [6, 6.07) is 3.46. The molecule has 2 nitrogen and oxygen atoms in total. The molecule has 4 heteroatoms. The molecule has 2 aromatic rings. The summed E-state index contributed by atoms with van der Waals surface area (Å²) < 4.78 is 16.5. The molecule has 1 heterocycles. The molecule has 108 valence electrons. The highest BCUT2D eigenvalue weighted by molar-refractivity contribution is 7.71. The minimum absolute atomic E-state index is 0.174. The fourth-order valence-corrected chi connectivity index (χ4v) is 3.73. The third kappa shape index (κ3) is 2.53. The Morgan fingerprint density at radius 2 is 2.20 bits per heavy atom. The van der Waals surface area contributed by atoms with Crippen molar-refractivity contribution in [2.75, 3.05) is 0 Å². The average molecular weight is 292 g/mol. The standard InChI is InChI=1S/C16H21FN2S/c1-10-4-3-5-12(6-10)9-19-15-7-11(2)13(17)8-14(15)18-16(19)20/h7-8,10,12H,3-6,9H2,1-2H3,(H,18,20). The molecule has 0 bridgehead atoms. The Kier molecular flexibility index (Phi) is 3.67. The van der Waals surface area contributed by atoms with Crippen LogP contribution in [0.5, 0.6) is 0 Å². The monoisotopic (exact) mass is 292 g/mol. The van der Waals surface area contributed by atoms with Gasteiger partial charge in [0, 0.05) is 6.54 Å². The number of nitrogens with zero attached hydrogens (tertiary/aromatic N) is 1. The fraction of sp³-hybridized carbons (Fsp3) is 0.562. The van der Waals surface area contributed by atoms with Gasteiger partial charge >= 0.3 is 0 Å². The lowest BCUT2D eigenvalue weighted by Gasteiger charge is -2.27. The Morgan fingerprint density at radius 1 is 1.40 bits per heavy atom. The molecule has 2 unspecified atom stereocenters. The number of hydrogen-bond donors (Lipinski definition) is 1. The predicted molar refractivity (Wildman–Crippen MR) is 82.9 cm³/mol. The molecular weight excluding hydrogens is 271 g/mol. The summed E-state index contributed by atoms with van der Waals surface area (Å²) in [6.45, 7) is 5.09. The number of benzene rings is 1. The lowest BCUT2D eigenvalue weighted by Crippen LogP contribution is -2.18. The number of hydrogen-bond acceptors (Lipinski definition) is 1. The zero-order valence-electron chi connectivity index (χ0n) is 12.1. The number of imidazole rings is 1. The first-order valence-electron chi connectivity index (χ1n) is 7.43. The van der Waals surface area contributed by atoms with E-state index in [1.54, 1.807) is 13.0 Å². The third-order valence-electron chi connectivity index (χ3n) is 4.54. The van der Waals surface area contributed by atoms with Gasteiger partial charge < -0.3 is 9.55 Å². The van der Waals surface area contributed by atoms with Gasteiger partial charge in [-0.05, 0) is 61.5 Å². The van der Waals surface area contributed by atoms with Crippen LogP contribution >= 0.6 is 12.2 Å². The van der Waals surface area contributed by atoms with Crippen molar-refractivity contribution in [3.8, 4) is 0 Å². The van der Waals surface area contributed by atoms with Gasteiger partial charge in [-0.2, -0.15) is 0 Å².